The zero-order chi connectivity index (χ0) is 15.2. The molecule has 3 nitrogen and oxygen atoms in total. The second-order valence-electron chi connectivity index (χ2n) is 5.85. The van der Waals surface area contributed by atoms with Gasteiger partial charge in [0.15, 0.2) is 0 Å². The van der Waals surface area contributed by atoms with E-state index in [-0.39, 0.29) is 5.91 Å². The van der Waals surface area contributed by atoms with Gasteiger partial charge < -0.3 is 4.90 Å². The molecule has 0 N–H and O–H groups in total. The van der Waals surface area contributed by atoms with E-state index < -0.39 is 0 Å². The minimum absolute atomic E-state index is 0.280. The van der Waals surface area contributed by atoms with Crippen LogP contribution in [0.15, 0.2) is 15.9 Å². The lowest BCUT2D eigenvalue weighted by molar-refractivity contribution is -0.135. The molecule has 21 heavy (non-hydrogen) atoms. The number of likely N-dealkylation sites (N-methyl/N-ethyl adjacent to an activating group) is 2. The summed E-state index contributed by atoms with van der Waals surface area (Å²) in [6.07, 6.45) is 6.23. The molecule has 0 saturated heterocycles. The van der Waals surface area contributed by atoms with Gasteiger partial charge in [0, 0.05) is 24.0 Å². The Bertz CT molecular complexity index is 457. The number of amides is 1. The lowest BCUT2D eigenvalue weighted by Crippen LogP contribution is -2.45. The molecular weight excluding hydrogens is 348 g/mol. The second-order valence-corrected chi connectivity index (χ2v) is 8.40. The average molecular weight is 373 g/mol. The highest BCUT2D eigenvalue weighted by Crippen LogP contribution is 2.24. The standard InChI is InChI=1S/C16H25BrN2OS/c1-3-19(13-7-5-4-6-8-13)16(20)12-18(2)11-14-9-10-15(17)21-14/h9-10,13H,3-8,11-12H2,1-2H3. The molecule has 2 rings (SSSR count). The van der Waals surface area contributed by atoms with E-state index in [0.717, 1.165) is 16.9 Å². The third-order valence-corrected chi connectivity index (χ3v) is 5.74. The fraction of sp³-hybridized carbons (Fsp3) is 0.688. The van der Waals surface area contributed by atoms with Crippen molar-refractivity contribution >= 4 is 33.2 Å². The maximum absolute atomic E-state index is 12.6. The van der Waals surface area contributed by atoms with Crippen LogP contribution in [0.5, 0.6) is 0 Å². The Labute approximate surface area is 140 Å². The SMILES string of the molecule is CCN(C(=O)CN(C)Cc1ccc(Br)s1)C1CCCCC1. The quantitative estimate of drug-likeness (QED) is 0.749. The Balaban J connectivity index is 1.85. The van der Waals surface area contributed by atoms with E-state index in [1.165, 1.54) is 37.0 Å². The summed E-state index contributed by atoms with van der Waals surface area (Å²) in [6, 6.07) is 4.66. The molecule has 1 fully saturated rings. The third kappa shape index (κ3) is 5.08. The summed E-state index contributed by atoms with van der Waals surface area (Å²) in [7, 11) is 2.03. The Morgan fingerprint density at radius 3 is 2.62 bits per heavy atom. The van der Waals surface area contributed by atoms with Gasteiger partial charge in [0.05, 0.1) is 10.3 Å². The Morgan fingerprint density at radius 2 is 2.05 bits per heavy atom. The first-order valence-electron chi connectivity index (χ1n) is 7.82. The van der Waals surface area contributed by atoms with Crippen molar-refractivity contribution in [2.24, 2.45) is 0 Å². The fourth-order valence-corrected chi connectivity index (χ4v) is 4.67. The Kier molecular flexibility index (Phi) is 6.71. The van der Waals surface area contributed by atoms with Gasteiger partial charge >= 0.3 is 0 Å². The van der Waals surface area contributed by atoms with Crippen LogP contribution in [-0.4, -0.2) is 41.9 Å². The van der Waals surface area contributed by atoms with E-state index >= 15 is 0 Å². The van der Waals surface area contributed by atoms with Crippen molar-refractivity contribution in [2.45, 2.75) is 51.6 Å². The highest BCUT2D eigenvalue weighted by atomic mass is 79.9. The molecule has 5 heteroatoms. The number of halogens is 1. The predicted molar refractivity (Wildman–Crippen MR) is 92.6 cm³/mol. The molecule has 1 aliphatic carbocycles. The maximum Gasteiger partial charge on any atom is 0.236 e. The number of carbonyl (C=O) groups excluding carboxylic acids is 1. The summed E-state index contributed by atoms with van der Waals surface area (Å²) in [4.78, 5) is 18.1. The van der Waals surface area contributed by atoms with Crippen LogP contribution in [0.1, 0.15) is 43.9 Å². The van der Waals surface area contributed by atoms with Crippen molar-refractivity contribution in [1.82, 2.24) is 9.80 Å². The van der Waals surface area contributed by atoms with Crippen LogP contribution in [0.25, 0.3) is 0 Å². The van der Waals surface area contributed by atoms with Crippen molar-refractivity contribution in [3.05, 3.63) is 20.8 Å². The summed E-state index contributed by atoms with van der Waals surface area (Å²) in [5, 5.41) is 0. The number of rotatable bonds is 6. The highest BCUT2D eigenvalue weighted by Gasteiger charge is 2.24. The van der Waals surface area contributed by atoms with Crippen molar-refractivity contribution in [3.8, 4) is 0 Å². The molecular formula is C16H25BrN2OS. The van der Waals surface area contributed by atoms with E-state index in [4.69, 9.17) is 0 Å². The van der Waals surface area contributed by atoms with E-state index in [1.54, 1.807) is 11.3 Å². The van der Waals surface area contributed by atoms with Gasteiger partial charge in [-0.2, -0.15) is 0 Å². The van der Waals surface area contributed by atoms with Crippen LogP contribution in [0, 0.1) is 0 Å². The molecule has 0 atom stereocenters. The lowest BCUT2D eigenvalue weighted by atomic mass is 9.94. The van der Waals surface area contributed by atoms with Gasteiger partial charge in [-0.05, 0) is 54.9 Å². The molecule has 1 saturated carbocycles. The van der Waals surface area contributed by atoms with Crippen molar-refractivity contribution < 1.29 is 4.79 Å². The molecule has 1 aromatic heterocycles. The molecule has 118 valence electrons. The van der Waals surface area contributed by atoms with Gasteiger partial charge in [0.25, 0.3) is 0 Å². The summed E-state index contributed by atoms with van der Waals surface area (Å²) in [5.41, 5.74) is 0. The number of thiophene rings is 1. The van der Waals surface area contributed by atoms with Gasteiger partial charge in [-0.25, -0.2) is 0 Å². The van der Waals surface area contributed by atoms with Crippen molar-refractivity contribution in [3.63, 3.8) is 0 Å². The van der Waals surface area contributed by atoms with E-state index in [2.05, 4.69) is 44.8 Å². The van der Waals surface area contributed by atoms with Crippen molar-refractivity contribution in [2.75, 3.05) is 20.1 Å². The largest absolute Gasteiger partial charge is 0.339 e. The van der Waals surface area contributed by atoms with Crippen LogP contribution in [0.3, 0.4) is 0 Å². The predicted octanol–water partition coefficient (Wildman–Crippen LogP) is 4.12. The maximum atomic E-state index is 12.6. The third-order valence-electron chi connectivity index (χ3n) is 4.14. The van der Waals surface area contributed by atoms with E-state index in [9.17, 15) is 4.79 Å². The number of carbonyl (C=O) groups is 1. The normalized spacial score (nSPS) is 16.4. The first kappa shape index (κ1) is 17.0. The summed E-state index contributed by atoms with van der Waals surface area (Å²) < 4.78 is 1.15. The van der Waals surface area contributed by atoms with Crippen molar-refractivity contribution in [1.29, 1.82) is 0 Å². The van der Waals surface area contributed by atoms with Crippen LogP contribution in [-0.2, 0) is 11.3 Å². The molecule has 0 spiro atoms. The smallest absolute Gasteiger partial charge is 0.236 e. The average Bonchev–Trinajstić information content (AvgIpc) is 2.85. The van der Waals surface area contributed by atoms with Gasteiger partial charge in [-0.1, -0.05) is 19.3 Å². The molecule has 0 unspecified atom stereocenters. The number of hydrogen-bond donors (Lipinski definition) is 0. The fourth-order valence-electron chi connectivity index (χ4n) is 3.11. The zero-order valence-electron chi connectivity index (χ0n) is 13.0. The summed E-state index contributed by atoms with van der Waals surface area (Å²) >= 11 is 5.22. The van der Waals surface area contributed by atoms with Gasteiger partial charge in [-0.15, -0.1) is 11.3 Å². The monoisotopic (exact) mass is 372 g/mol. The van der Waals surface area contributed by atoms with Crippen LogP contribution in [0.2, 0.25) is 0 Å². The number of nitrogens with zero attached hydrogens (tertiary/aromatic N) is 2. The highest BCUT2D eigenvalue weighted by molar-refractivity contribution is 9.11. The molecule has 1 amide bonds. The van der Waals surface area contributed by atoms with E-state index in [0.29, 0.717) is 12.6 Å². The molecule has 0 bridgehead atoms. The molecule has 0 radical (unpaired) electrons. The Morgan fingerprint density at radius 1 is 1.33 bits per heavy atom. The molecule has 0 aliphatic heterocycles. The summed E-state index contributed by atoms with van der Waals surface area (Å²) in [6.45, 7) is 4.29. The van der Waals surface area contributed by atoms with Crippen LogP contribution < -0.4 is 0 Å². The lowest BCUT2D eigenvalue weighted by Gasteiger charge is -2.34. The van der Waals surface area contributed by atoms with Gasteiger partial charge in [0.1, 0.15) is 0 Å². The molecule has 1 aliphatic rings. The Hall–Kier alpha value is -0.390. The molecule has 0 aromatic carbocycles. The first-order valence-corrected chi connectivity index (χ1v) is 9.43. The molecule has 1 aromatic rings. The zero-order valence-corrected chi connectivity index (χ0v) is 15.4. The molecule has 1 heterocycles. The minimum Gasteiger partial charge on any atom is -0.339 e. The van der Waals surface area contributed by atoms with E-state index in [1.807, 2.05) is 7.05 Å². The number of hydrogen-bond acceptors (Lipinski definition) is 3. The van der Waals surface area contributed by atoms with Crippen LogP contribution in [0.4, 0.5) is 0 Å². The first-order chi connectivity index (χ1) is 10.1. The topological polar surface area (TPSA) is 23.6 Å². The summed E-state index contributed by atoms with van der Waals surface area (Å²) in [5.74, 6) is 0.280. The minimum atomic E-state index is 0.280. The van der Waals surface area contributed by atoms with Gasteiger partial charge in [-0.3, -0.25) is 9.69 Å². The second kappa shape index (κ2) is 8.30. The van der Waals surface area contributed by atoms with Gasteiger partial charge in [0.2, 0.25) is 5.91 Å². The van der Waals surface area contributed by atoms with Crippen LogP contribution >= 0.6 is 27.3 Å².